The maximum atomic E-state index is 2.46. The lowest BCUT2D eigenvalue weighted by molar-refractivity contribution is 0.666. The molecule has 0 amide bonds. The van der Waals surface area contributed by atoms with Gasteiger partial charge in [-0.1, -0.05) is 116 Å². The van der Waals surface area contributed by atoms with Crippen molar-refractivity contribution in [3.05, 3.63) is 138 Å². The first-order valence-corrected chi connectivity index (χ1v) is 13.0. The summed E-state index contributed by atoms with van der Waals surface area (Å²) in [5, 5.41) is 1.33. The van der Waals surface area contributed by atoms with Gasteiger partial charge in [0.25, 0.3) is 0 Å². The van der Waals surface area contributed by atoms with Gasteiger partial charge >= 0.3 is 0 Å². The Hall–Kier alpha value is -4.36. The van der Waals surface area contributed by atoms with Crippen LogP contribution in [0.2, 0.25) is 0 Å². The van der Waals surface area contributed by atoms with E-state index in [4.69, 9.17) is 0 Å². The SMILES string of the molecule is Cc1ccc(-c2ccc(-c3ccc4c(c3)c3c(n4-c4ccccc4)-c4ccccc4C3(C)C)cc2)cc1. The first kappa shape index (κ1) is 21.9. The van der Waals surface area contributed by atoms with E-state index in [0.717, 1.165) is 0 Å². The Balaban J connectivity index is 1.42. The summed E-state index contributed by atoms with van der Waals surface area (Å²) in [4.78, 5) is 0. The minimum Gasteiger partial charge on any atom is -0.309 e. The monoisotopic (exact) mass is 475 g/mol. The lowest BCUT2D eigenvalue weighted by atomic mass is 9.81. The molecule has 6 aromatic rings. The summed E-state index contributed by atoms with van der Waals surface area (Å²) in [6, 6.07) is 44.4. The molecule has 5 aromatic carbocycles. The number of benzene rings is 5. The van der Waals surface area contributed by atoms with E-state index in [-0.39, 0.29) is 5.41 Å². The molecule has 0 bridgehead atoms. The second-order valence-corrected chi connectivity index (χ2v) is 10.7. The number of hydrogen-bond acceptors (Lipinski definition) is 0. The van der Waals surface area contributed by atoms with Crippen molar-refractivity contribution in [2.24, 2.45) is 0 Å². The first-order valence-electron chi connectivity index (χ1n) is 13.0. The zero-order valence-electron chi connectivity index (χ0n) is 21.5. The molecule has 7 rings (SSSR count). The molecular formula is C36H29N. The van der Waals surface area contributed by atoms with Gasteiger partial charge in [-0.2, -0.15) is 0 Å². The van der Waals surface area contributed by atoms with Crippen molar-refractivity contribution in [2.75, 3.05) is 0 Å². The number of para-hydroxylation sites is 1. The highest BCUT2D eigenvalue weighted by Gasteiger charge is 2.40. The Bertz CT molecular complexity index is 1770. The lowest BCUT2D eigenvalue weighted by Gasteiger charge is -2.21. The predicted octanol–water partition coefficient (Wildman–Crippen LogP) is 9.58. The summed E-state index contributed by atoms with van der Waals surface area (Å²) >= 11 is 0. The average molecular weight is 476 g/mol. The van der Waals surface area contributed by atoms with Crippen LogP contribution in [0.4, 0.5) is 0 Å². The molecule has 0 spiro atoms. The van der Waals surface area contributed by atoms with E-state index in [1.165, 1.54) is 66.8 Å². The predicted molar refractivity (Wildman–Crippen MR) is 156 cm³/mol. The molecule has 178 valence electrons. The molecule has 0 aliphatic heterocycles. The average Bonchev–Trinajstić information content (AvgIpc) is 3.40. The van der Waals surface area contributed by atoms with E-state index in [9.17, 15) is 0 Å². The standard InChI is InChI=1S/C36H29N/c1-24-13-15-25(16-14-24)26-17-19-27(20-18-26)28-21-22-33-31(23-28)34-35(37(33)29-9-5-4-6-10-29)30-11-7-8-12-32(30)36(34,2)3/h4-23H,1-3H3. The fourth-order valence-electron chi connectivity index (χ4n) is 6.17. The van der Waals surface area contributed by atoms with Crippen LogP contribution in [-0.2, 0) is 5.41 Å². The van der Waals surface area contributed by atoms with E-state index < -0.39 is 0 Å². The van der Waals surface area contributed by atoms with Crippen molar-refractivity contribution >= 4 is 10.9 Å². The van der Waals surface area contributed by atoms with Gasteiger partial charge in [0.05, 0.1) is 11.2 Å². The van der Waals surface area contributed by atoms with Crippen molar-refractivity contribution < 1.29 is 0 Å². The highest BCUT2D eigenvalue weighted by atomic mass is 15.0. The van der Waals surface area contributed by atoms with Crippen LogP contribution in [0.25, 0.3) is 50.1 Å². The van der Waals surface area contributed by atoms with Crippen LogP contribution >= 0.6 is 0 Å². The maximum Gasteiger partial charge on any atom is 0.0584 e. The van der Waals surface area contributed by atoms with Crippen molar-refractivity contribution in [1.29, 1.82) is 0 Å². The van der Waals surface area contributed by atoms with E-state index in [0.29, 0.717) is 0 Å². The molecule has 0 N–H and O–H groups in total. The minimum atomic E-state index is -0.0713. The molecule has 37 heavy (non-hydrogen) atoms. The Morgan fingerprint density at radius 1 is 0.568 bits per heavy atom. The van der Waals surface area contributed by atoms with Gasteiger partial charge in [-0.3, -0.25) is 0 Å². The Kier molecular flexibility index (Phi) is 4.78. The third-order valence-corrected chi connectivity index (χ3v) is 8.07. The molecule has 1 heteroatoms. The van der Waals surface area contributed by atoms with Crippen LogP contribution in [0.1, 0.15) is 30.5 Å². The molecule has 1 aromatic heterocycles. The fraction of sp³-hybridized carbons (Fsp3) is 0.111. The second kappa shape index (κ2) is 8.08. The molecule has 0 unspecified atom stereocenters. The van der Waals surface area contributed by atoms with Gasteiger partial charge in [0, 0.05) is 22.1 Å². The van der Waals surface area contributed by atoms with Crippen molar-refractivity contribution in [1.82, 2.24) is 4.57 Å². The zero-order valence-corrected chi connectivity index (χ0v) is 21.5. The number of fused-ring (bicyclic) bond motifs is 5. The Morgan fingerprint density at radius 3 is 1.84 bits per heavy atom. The summed E-state index contributed by atoms with van der Waals surface area (Å²) in [5.41, 5.74) is 14.2. The Labute approximate surface area is 218 Å². The van der Waals surface area contributed by atoms with E-state index >= 15 is 0 Å². The molecular weight excluding hydrogens is 446 g/mol. The van der Waals surface area contributed by atoms with Crippen LogP contribution in [0.3, 0.4) is 0 Å². The number of nitrogens with zero attached hydrogens (tertiary/aromatic N) is 1. The molecule has 0 fully saturated rings. The van der Waals surface area contributed by atoms with Crippen LogP contribution in [0.15, 0.2) is 121 Å². The van der Waals surface area contributed by atoms with Crippen molar-refractivity contribution in [3.8, 4) is 39.2 Å². The number of aromatic nitrogens is 1. The van der Waals surface area contributed by atoms with Gasteiger partial charge in [0.1, 0.15) is 0 Å². The van der Waals surface area contributed by atoms with Gasteiger partial charge in [-0.15, -0.1) is 0 Å². The molecule has 1 aliphatic rings. The zero-order chi connectivity index (χ0) is 25.1. The van der Waals surface area contributed by atoms with Gasteiger partial charge in [-0.05, 0) is 64.6 Å². The molecule has 0 atom stereocenters. The third-order valence-electron chi connectivity index (χ3n) is 8.07. The number of aryl methyl sites for hydroxylation is 1. The molecule has 0 saturated heterocycles. The quantitative estimate of drug-likeness (QED) is 0.240. The Morgan fingerprint density at radius 2 is 1.14 bits per heavy atom. The van der Waals surface area contributed by atoms with Gasteiger partial charge < -0.3 is 4.57 Å². The molecule has 1 heterocycles. The van der Waals surface area contributed by atoms with Crippen LogP contribution in [-0.4, -0.2) is 4.57 Å². The number of hydrogen-bond donors (Lipinski definition) is 0. The van der Waals surface area contributed by atoms with Crippen LogP contribution < -0.4 is 0 Å². The highest BCUT2D eigenvalue weighted by molar-refractivity contribution is 6.01. The summed E-state index contributed by atoms with van der Waals surface area (Å²) in [5.74, 6) is 0. The van der Waals surface area contributed by atoms with Gasteiger partial charge in [0.15, 0.2) is 0 Å². The number of rotatable bonds is 3. The third kappa shape index (κ3) is 3.31. The minimum absolute atomic E-state index is 0.0713. The molecule has 0 radical (unpaired) electrons. The molecule has 1 nitrogen and oxygen atoms in total. The molecule has 1 aliphatic carbocycles. The summed E-state index contributed by atoms with van der Waals surface area (Å²) in [7, 11) is 0. The molecule has 0 saturated carbocycles. The van der Waals surface area contributed by atoms with Gasteiger partial charge in [0.2, 0.25) is 0 Å². The summed E-state index contributed by atoms with van der Waals surface area (Å²) in [6.45, 7) is 6.87. The van der Waals surface area contributed by atoms with Gasteiger partial charge in [-0.25, -0.2) is 0 Å². The van der Waals surface area contributed by atoms with E-state index in [1.54, 1.807) is 0 Å². The lowest BCUT2D eigenvalue weighted by Crippen LogP contribution is -2.14. The topological polar surface area (TPSA) is 4.93 Å². The van der Waals surface area contributed by atoms with Crippen molar-refractivity contribution in [2.45, 2.75) is 26.2 Å². The maximum absolute atomic E-state index is 2.46. The largest absolute Gasteiger partial charge is 0.309 e. The van der Waals surface area contributed by atoms with E-state index in [1.807, 2.05) is 0 Å². The smallest absolute Gasteiger partial charge is 0.0584 e. The fourth-order valence-corrected chi connectivity index (χ4v) is 6.17. The normalized spacial score (nSPS) is 13.5. The van der Waals surface area contributed by atoms with E-state index in [2.05, 4.69) is 147 Å². The second-order valence-electron chi connectivity index (χ2n) is 10.7. The van der Waals surface area contributed by atoms with Crippen LogP contribution in [0, 0.1) is 6.92 Å². The summed E-state index contributed by atoms with van der Waals surface area (Å²) in [6.07, 6.45) is 0. The highest BCUT2D eigenvalue weighted by Crippen LogP contribution is 2.53. The summed E-state index contributed by atoms with van der Waals surface area (Å²) < 4.78 is 2.46. The van der Waals surface area contributed by atoms with Crippen molar-refractivity contribution in [3.63, 3.8) is 0 Å². The first-order chi connectivity index (χ1) is 18.0. The van der Waals surface area contributed by atoms with Crippen LogP contribution in [0.5, 0.6) is 0 Å².